The van der Waals surface area contributed by atoms with E-state index in [0.29, 0.717) is 6.42 Å². The Hall–Kier alpha value is 1.46. The van der Waals surface area contributed by atoms with E-state index in [1.54, 1.807) is 6.08 Å². The third-order valence-electron chi connectivity index (χ3n) is 7.86. The van der Waals surface area contributed by atoms with Crippen LogP contribution >= 0.6 is 116 Å². The molecule has 0 amide bonds. The topological polar surface area (TPSA) is 34.1 Å². The Balaban J connectivity index is 0.000000163. The smallest absolute Gasteiger partial charge is 0.182 e. The number of fused-ring (bicyclic) bond motifs is 1. The third-order valence-corrected chi connectivity index (χ3v) is 16.9. The second-order valence-electron chi connectivity index (χ2n) is 8.47. The van der Waals surface area contributed by atoms with Gasteiger partial charge in [0.15, 0.2) is 25.6 Å². The average molecular weight is 609 g/mol. The molecule has 4 atom stereocenters. The van der Waals surface area contributed by atoms with Crippen LogP contribution in [0.25, 0.3) is 0 Å². The molecule has 12 heteroatoms. The van der Waals surface area contributed by atoms with Crippen molar-refractivity contribution in [2.75, 3.05) is 0 Å². The van der Waals surface area contributed by atoms with Gasteiger partial charge in [0.1, 0.15) is 29.2 Å². The molecule has 0 aromatic heterocycles. The first-order chi connectivity index (χ1) is 13.5. The van der Waals surface area contributed by atoms with E-state index in [4.69, 9.17) is 116 Å². The zero-order valence-corrected chi connectivity index (χ0v) is 21.7. The lowest BCUT2D eigenvalue weighted by molar-refractivity contribution is -0.122. The number of carbonyl (C=O) groups excluding carboxylic acids is 2. The molecule has 2 nitrogen and oxygen atoms in total. The van der Waals surface area contributed by atoms with Crippen molar-refractivity contribution >= 4 is 128 Å². The lowest BCUT2D eigenvalue weighted by atomic mass is 9.41. The van der Waals surface area contributed by atoms with Crippen molar-refractivity contribution in [1.29, 1.82) is 0 Å². The van der Waals surface area contributed by atoms with Gasteiger partial charge in [-0.25, -0.2) is 0 Å². The number of hydrogen-bond acceptors (Lipinski definition) is 2. The van der Waals surface area contributed by atoms with E-state index in [9.17, 15) is 9.59 Å². The average Bonchev–Trinajstić information content (AvgIpc) is 3.32. The van der Waals surface area contributed by atoms with Gasteiger partial charge in [-0.3, -0.25) is 9.59 Å². The van der Waals surface area contributed by atoms with Crippen molar-refractivity contribution in [3.63, 3.8) is 0 Å². The van der Waals surface area contributed by atoms with Gasteiger partial charge in [-0.05, 0) is 17.2 Å². The Labute approximate surface area is 220 Å². The summed E-state index contributed by atoms with van der Waals surface area (Å²) in [6.45, 7) is 0. The number of Topliss-reactive ketones (excluding diaryl/α,β-unsaturated/α-hetero) is 1. The zero-order valence-electron chi connectivity index (χ0n) is 14.1. The van der Waals surface area contributed by atoms with E-state index < -0.39 is 49.1 Å². The summed E-state index contributed by atoms with van der Waals surface area (Å²) < 4.78 is -1.94. The lowest BCUT2D eigenvalue weighted by Gasteiger charge is -2.80. The van der Waals surface area contributed by atoms with Gasteiger partial charge >= 0.3 is 0 Å². The minimum atomic E-state index is -1.94. The van der Waals surface area contributed by atoms with Gasteiger partial charge in [-0.2, -0.15) is 0 Å². The van der Waals surface area contributed by atoms with Crippen molar-refractivity contribution in [2.45, 2.75) is 49.7 Å². The van der Waals surface area contributed by atoms with Gasteiger partial charge in [-0.15, -0.1) is 92.8 Å². The number of rotatable bonds is 0. The van der Waals surface area contributed by atoms with Gasteiger partial charge < -0.3 is 0 Å². The predicted molar refractivity (Wildman–Crippen MR) is 123 cm³/mol. The molecule has 0 aromatic rings. The standard InChI is InChI=1S/C10Cl10O.C8H6O/c11-2-1(21)3(12)6(15)4(2,13)8(17)5(2,14)7(3,16)9(6,18)10(8,19)20;9-8-4-6-2-1-3-7(6)5-8/h;1-4H,5H2. The maximum absolute atomic E-state index is 12.8. The van der Waals surface area contributed by atoms with E-state index in [1.165, 1.54) is 5.57 Å². The van der Waals surface area contributed by atoms with Crippen LogP contribution in [0, 0.1) is 0 Å². The largest absolute Gasteiger partial charge is 0.295 e. The SMILES string of the molecule is O=C1C2(Cl)C3(Cl)C4(Cl)C(Cl)(Cl)C5(Cl)C3(Cl)C1(Cl)C5(Cl)C24Cl.O=C1C=C2C=CC=C2C1. The Bertz CT molecular complexity index is 1050. The van der Waals surface area contributed by atoms with Crippen LogP contribution in [0.5, 0.6) is 0 Å². The maximum Gasteiger partial charge on any atom is 0.182 e. The molecule has 0 heterocycles. The first-order valence-corrected chi connectivity index (χ1v) is 12.4. The molecule has 6 fully saturated rings. The molecule has 0 aliphatic heterocycles. The molecule has 8 aliphatic carbocycles. The quantitative estimate of drug-likeness (QED) is 0.316. The van der Waals surface area contributed by atoms with Gasteiger partial charge in [-0.1, -0.05) is 41.4 Å². The van der Waals surface area contributed by atoms with Crippen molar-refractivity contribution < 1.29 is 9.59 Å². The highest BCUT2D eigenvalue weighted by molar-refractivity contribution is 6.83. The summed E-state index contributed by atoms with van der Waals surface area (Å²) in [6, 6.07) is 0. The van der Waals surface area contributed by atoms with Crippen LogP contribution < -0.4 is 0 Å². The van der Waals surface area contributed by atoms with Crippen LogP contribution in [0.3, 0.4) is 0 Å². The molecular formula is C18H6Cl10O2. The fourth-order valence-corrected chi connectivity index (χ4v) is 15.2. The normalized spacial score (nSPS) is 63.3. The highest BCUT2D eigenvalue weighted by Gasteiger charge is 3.30. The highest BCUT2D eigenvalue weighted by atomic mass is 35.5. The molecule has 160 valence electrons. The molecule has 6 saturated carbocycles. The zero-order chi connectivity index (χ0) is 22.3. The van der Waals surface area contributed by atoms with Crippen LogP contribution in [0.4, 0.5) is 0 Å². The molecule has 30 heavy (non-hydrogen) atoms. The Morgan fingerprint density at radius 2 is 1.10 bits per heavy atom. The highest BCUT2D eigenvalue weighted by Crippen LogP contribution is 3.09. The van der Waals surface area contributed by atoms with E-state index in [-0.39, 0.29) is 5.78 Å². The number of alkyl halides is 10. The second kappa shape index (κ2) is 5.03. The molecule has 0 radical (unpaired) electrons. The van der Waals surface area contributed by atoms with Crippen molar-refractivity contribution in [3.05, 3.63) is 35.5 Å². The Kier molecular flexibility index (Phi) is 3.69. The molecule has 0 aromatic carbocycles. The van der Waals surface area contributed by atoms with Crippen molar-refractivity contribution in [1.82, 2.24) is 0 Å². The van der Waals surface area contributed by atoms with Crippen LogP contribution in [-0.4, -0.2) is 54.9 Å². The first-order valence-electron chi connectivity index (χ1n) is 8.58. The van der Waals surface area contributed by atoms with Crippen LogP contribution in [0.15, 0.2) is 35.5 Å². The predicted octanol–water partition coefficient (Wildman–Crippen LogP) is 6.00. The van der Waals surface area contributed by atoms with Crippen LogP contribution in [-0.2, 0) is 9.59 Å². The molecule has 0 spiro atoms. The fourth-order valence-electron chi connectivity index (χ4n) is 6.82. The number of halogens is 10. The minimum absolute atomic E-state index is 0.237. The minimum Gasteiger partial charge on any atom is -0.295 e. The van der Waals surface area contributed by atoms with Gasteiger partial charge in [0.05, 0.1) is 0 Å². The molecule has 8 rings (SSSR count). The number of carbonyl (C=O) groups is 2. The number of allylic oxidation sites excluding steroid dienone is 6. The Morgan fingerprint density at radius 1 is 0.667 bits per heavy atom. The lowest BCUT2D eigenvalue weighted by Crippen LogP contribution is -3.03. The molecule has 0 saturated heterocycles. The maximum atomic E-state index is 12.8. The summed E-state index contributed by atoms with van der Waals surface area (Å²) in [5, 5.41) is 0. The summed E-state index contributed by atoms with van der Waals surface area (Å²) in [6.07, 6.45) is 8.27. The number of ketones is 2. The van der Waals surface area contributed by atoms with Crippen LogP contribution in [0.1, 0.15) is 6.42 Å². The van der Waals surface area contributed by atoms with Gasteiger partial charge in [0, 0.05) is 6.42 Å². The molecule has 8 aliphatic rings. The fraction of sp³-hybridized carbons (Fsp3) is 0.556. The number of hydrogen-bond donors (Lipinski definition) is 0. The molecule has 0 N–H and O–H groups in total. The second-order valence-corrected chi connectivity index (χ2v) is 14.3. The molecule has 4 unspecified atom stereocenters. The van der Waals surface area contributed by atoms with E-state index >= 15 is 0 Å². The van der Waals surface area contributed by atoms with Gasteiger partial charge in [0.25, 0.3) is 0 Å². The Morgan fingerprint density at radius 3 is 1.50 bits per heavy atom. The summed E-state index contributed by atoms with van der Waals surface area (Å²) in [7, 11) is 0. The van der Waals surface area contributed by atoms with E-state index in [2.05, 4.69) is 0 Å². The van der Waals surface area contributed by atoms with Crippen molar-refractivity contribution in [3.8, 4) is 0 Å². The summed E-state index contributed by atoms with van der Waals surface area (Å²) in [5.74, 6) is -0.453. The van der Waals surface area contributed by atoms with E-state index in [0.717, 1.165) is 5.57 Å². The first kappa shape index (κ1) is 22.0. The molecular weight excluding hydrogens is 603 g/mol. The van der Waals surface area contributed by atoms with E-state index in [1.807, 2.05) is 18.2 Å². The summed E-state index contributed by atoms with van der Waals surface area (Å²) >= 11 is 65.7. The monoisotopic (exact) mass is 604 g/mol. The summed E-state index contributed by atoms with van der Waals surface area (Å²) in [5.41, 5.74) is 2.29. The van der Waals surface area contributed by atoms with Crippen molar-refractivity contribution in [2.24, 2.45) is 0 Å². The van der Waals surface area contributed by atoms with Crippen LogP contribution in [0.2, 0.25) is 0 Å². The summed E-state index contributed by atoms with van der Waals surface area (Å²) in [4.78, 5) is 8.69. The molecule has 4 bridgehead atoms. The van der Waals surface area contributed by atoms with Gasteiger partial charge in [0.2, 0.25) is 0 Å². The third kappa shape index (κ3) is 1.23.